The van der Waals surface area contributed by atoms with Gasteiger partial charge < -0.3 is 4.74 Å². The summed E-state index contributed by atoms with van der Waals surface area (Å²) in [5, 5.41) is 0. The molecule has 0 amide bonds. The fourth-order valence-corrected chi connectivity index (χ4v) is 1.72. The highest BCUT2D eigenvalue weighted by molar-refractivity contribution is 6.67. The van der Waals surface area contributed by atoms with Crippen molar-refractivity contribution in [3.05, 3.63) is 0 Å². The van der Waals surface area contributed by atoms with E-state index in [0.29, 0.717) is 6.42 Å². The van der Waals surface area contributed by atoms with Crippen molar-refractivity contribution < 1.29 is 9.53 Å². The Balaban J connectivity index is 2.43. The quantitative estimate of drug-likeness (QED) is 0.512. The van der Waals surface area contributed by atoms with E-state index >= 15 is 0 Å². The number of halogens is 3. The lowest BCUT2D eigenvalue weighted by Crippen LogP contribution is -2.16. The van der Waals surface area contributed by atoms with Crippen LogP contribution in [-0.4, -0.2) is 15.9 Å². The maximum Gasteiger partial charge on any atom is 0.309 e. The van der Waals surface area contributed by atoms with Crippen molar-refractivity contribution in [1.29, 1.82) is 0 Å². The fraction of sp³-hybridized carbons (Fsp3) is 0.857. The van der Waals surface area contributed by atoms with Crippen LogP contribution in [0.3, 0.4) is 0 Å². The molecule has 1 aliphatic rings. The summed E-state index contributed by atoms with van der Waals surface area (Å²) in [6.07, 6.45) is 0.681. The second-order valence-corrected chi connectivity index (χ2v) is 5.53. The van der Waals surface area contributed by atoms with Gasteiger partial charge in [-0.3, -0.25) is 4.79 Å². The van der Waals surface area contributed by atoms with Gasteiger partial charge in [0.1, 0.15) is 6.10 Å². The van der Waals surface area contributed by atoms with Crippen molar-refractivity contribution in [3.8, 4) is 0 Å². The Morgan fingerprint density at radius 1 is 1.58 bits per heavy atom. The standard InChI is InChI=1S/C7H9Cl3O2/c1-4-2-5(12-6(4)11)3-7(8,9)10/h4-5H,2-3H2,1H3/t4-,5+/m0/s1. The molecule has 2 atom stereocenters. The van der Waals surface area contributed by atoms with Crippen LogP contribution in [0.5, 0.6) is 0 Å². The van der Waals surface area contributed by atoms with Gasteiger partial charge in [-0.15, -0.1) is 0 Å². The van der Waals surface area contributed by atoms with Crippen molar-refractivity contribution in [1.82, 2.24) is 0 Å². The second-order valence-electron chi connectivity index (χ2n) is 3.01. The highest BCUT2D eigenvalue weighted by atomic mass is 35.6. The number of cyclic esters (lactones) is 1. The van der Waals surface area contributed by atoms with Crippen molar-refractivity contribution >= 4 is 40.8 Å². The van der Waals surface area contributed by atoms with Crippen LogP contribution >= 0.6 is 34.8 Å². The van der Waals surface area contributed by atoms with Gasteiger partial charge in [0.15, 0.2) is 3.79 Å². The summed E-state index contributed by atoms with van der Waals surface area (Å²) in [6.45, 7) is 1.81. The molecule has 70 valence electrons. The zero-order chi connectivity index (χ0) is 9.35. The van der Waals surface area contributed by atoms with Gasteiger partial charge in [0.05, 0.1) is 5.92 Å². The molecule has 0 radical (unpaired) electrons. The Kier molecular flexibility index (Phi) is 3.13. The molecule has 0 spiro atoms. The lowest BCUT2D eigenvalue weighted by atomic mass is 10.1. The van der Waals surface area contributed by atoms with E-state index < -0.39 is 3.79 Å². The van der Waals surface area contributed by atoms with Crippen LogP contribution in [0.4, 0.5) is 0 Å². The average Bonchev–Trinajstić information content (AvgIpc) is 2.07. The summed E-state index contributed by atoms with van der Waals surface area (Å²) in [6, 6.07) is 0. The van der Waals surface area contributed by atoms with Gasteiger partial charge in [-0.25, -0.2) is 0 Å². The van der Waals surface area contributed by atoms with E-state index in [9.17, 15) is 4.79 Å². The lowest BCUT2D eigenvalue weighted by Gasteiger charge is -2.14. The molecule has 0 unspecified atom stereocenters. The van der Waals surface area contributed by atoms with E-state index in [1.807, 2.05) is 0 Å². The van der Waals surface area contributed by atoms with Gasteiger partial charge in [0, 0.05) is 6.42 Å². The molecular weight excluding hydrogens is 222 g/mol. The van der Waals surface area contributed by atoms with Crippen molar-refractivity contribution in [2.24, 2.45) is 5.92 Å². The van der Waals surface area contributed by atoms with Crippen LogP contribution in [0.15, 0.2) is 0 Å². The zero-order valence-electron chi connectivity index (χ0n) is 6.52. The Morgan fingerprint density at radius 2 is 2.17 bits per heavy atom. The molecule has 1 fully saturated rings. The third-order valence-electron chi connectivity index (χ3n) is 1.76. The van der Waals surface area contributed by atoms with Crippen LogP contribution in [0.1, 0.15) is 19.8 Å². The largest absolute Gasteiger partial charge is 0.462 e. The first kappa shape index (κ1) is 10.4. The molecule has 1 rings (SSSR count). The van der Waals surface area contributed by atoms with E-state index in [0.717, 1.165) is 0 Å². The molecule has 1 saturated heterocycles. The smallest absolute Gasteiger partial charge is 0.309 e. The molecule has 0 bridgehead atoms. The minimum Gasteiger partial charge on any atom is -0.462 e. The highest BCUT2D eigenvalue weighted by Gasteiger charge is 2.36. The van der Waals surface area contributed by atoms with E-state index in [4.69, 9.17) is 39.5 Å². The van der Waals surface area contributed by atoms with Crippen molar-refractivity contribution in [2.75, 3.05) is 0 Å². The first-order valence-electron chi connectivity index (χ1n) is 3.66. The average molecular weight is 232 g/mol. The predicted octanol–water partition coefficient (Wildman–Crippen LogP) is 2.70. The van der Waals surface area contributed by atoms with Crippen molar-refractivity contribution in [2.45, 2.75) is 29.7 Å². The SMILES string of the molecule is C[C@H]1C[C@H](CC(Cl)(Cl)Cl)OC1=O. The zero-order valence-corrected chi connectivity index (χ0v) is 8.79. The molecule has 2 nitrogen and oxygen atoms in total. The van der Waals surface area contributed by atoms with Crippen LogP contribution in [0.25, 0.3) is 0 Å². The predicted molar refractivity (Wildman–Crippen MR) is 48.6 cm³/mol. The number of esters is 1. The van der Waals surface area contributed by atoms with Crippen LogP contribution in [-0.2, 0) is 9.53 Å². The summed E-state index contributed by atoms with van der Waals surface area (Å²) < 4.78 is 3.63. The maximum atomic E-state index is 10.9. The van der Waals surface area contributed by atoms with E-state index in [2.05, 4.69) is 0 Å². The minimum absolute atomic E-state index is 0.0673. The molecular formula is C7H9Cl3O2. The molecule has 0 aromatic rings. The summed E-state index contributed by atoms with van der Waals surface area (Å²) in [7, 11) is 0. The van der Waals surface area contributed by atoms with E-state index in [1.54, 1.807) is 6.92 Å². The van der Waals surface area contributed by atoms with E-state index in [-0.39, 0.29) is 24.4 Å². The number of hydrogen-bond acceptors (Lipinski definition) is 2. The van der Waals surface area contributed by atoms with Gasteiger partial charge in [0.2, 0.25) is 0 Å². The molecule has 0 saturated carbocycles. The molecule has 0 aromatic carbocycles. The number of ether oxygens (including phenoxy) is 1. The number of carbonyl (C=O) groups excluding carboxylic acids is 1. The number of carbonyl (C=O) groups is 1. The topological polar surface area (TPSA) is 26.3 Å². The minimum atomic E-state index is -1.32. The van der Waals surface area contributed by atoms with Crippen LogP contribution < -0.4 is 0 Å². The van der Waals surface area contributed by atoms with Crippen LogP contribution in [0.2, 0.25) is 0 Å². The van der Waals surface area contributed by atoms with Gasteiger partial charge >= 0.3 is 5.97 Å². The third kappa shape index (κ3) is 3.00. The van der Waals surface area contributed by atoms with E-state index in [1.165, 1.54) is 0 Å². The normalized spacial score (nSPS) is 30.5. The molecule has 1 aliphatic heterocycles. The molecule has 1 heterocycles. The monoisotopic (exact) mass is 230 g/mol. The summed E-state index contributed by atoms with van der Waals surface area (Å²) in [4.78, 5) is 10.9. The Morgan fingerprint density at radius 3 is 2.50 bits per heavy atom. The summed E-state index contributed by atoms with van der Waals surface area (Å²) >= 11 is 16.6. The Labute approximate surface area is 86.1 Å². The van der Waals surface area contributed by atoms with Gasteiger partial charge in [-0.2, -0.15) is 0 Å². The van der Waals surface area contributed by atoms with Gasteiger partial charge in [-0.05, 0) is 6.42 Å². The summed E-state index contributed by atoms with van der Waals surface area (Å²) in [5.74, 6) is -0.267. The number of hydrogen-bond donors (Lipinski definition) is 0. The summed E-state index contributed by atoms with van der Waals surface area (Å²) in [5.41, 5.74) is 0. The maximum absolute atomic E-state index is 10.9. The molecule has 0 aromatic heterocycles. The van der Waals surface area contributed by atoms with Gasteiger partial charge in [-0.1, -0.05) is 41.7 Å². The number of rotatable bonds is 1. The first-order chi connectivity index (χ1) is 5.38. The first-order valence-corrected chi connectivity index (χ1v) is 4.79. The van der Waals surface area contributed by atoms with Crippen LogP contribution in [0, 0.1) is 5.92 Å². The fourth-order valence-electron chi connectivity index (χ4n) is 1.20. The highest BCUT2D eigenvalue weighted by Crippen LogP contribution is 2.36. The molecule has 0 aliphatic carbocycles. The van der Waals surface area contributed by atoms with Crippen molar-refractivity contribution in [3.63, 3.8) is 0 Å². The molecule has 0 N–H and O–H groups in total. The Hall–Kier alpha value is 0.340. The molecule has 12 heavy (non-hydrogen) atoms. The third-order valence-corrected chi connectivity index (χ3v) is 2.22. The molecule has 5 heteroatoms. The number of alkyl halides is 3. The van der Waals surface area contributed by atoms with Gasteiger partial charge in [0.25, 0.3) is 0 Å². The second kappa shape index (κ2) is 3.60. The lowest BCUT2D eigenvalue weighted by molar-refractivity contribution is -0.144. The Bertz CT molecular complexity index is 188.